The van der Waals surface area contributed by atoms with Crippen molar-refractivity contribution in [2.24, 2.45) is 0 Å². The predicted molar refractivity (Wildman–Crippen MR) is 77.9 cm³/mol. The van der Waals surface area contributed by atoms with Crippen molar-refractivity contribution in [2.45, 2.75) is 25.3 Å². The van der Waals surface area contributed by atoms with Crippen LogP contribution in [0.4, 0.5) is 0 Å². The second kappa shape index (κ2) is 5.98. The minimum atomic E-state index is 0.718. The van der Waals surface area contributed by atoms with Gasteiger partial charge in [-0.1, -0.05) is 30.3 Å². The molecule has 0 spiro atoms. The van der Waals surface area contributed by atoms with E-state index in [0.29, 0.717) is 0 Å². The zero-order valence-corrected chi connectivity index (χ0v) is 11.2. The average molecular weight is 252 g/mol. The van der Waals surface area contributed by atoms with Crippen molar-refractivity contribution in [3.05, 3.63) is 66.0 Å². The molecular weight excluding hydrogens is 232 g/mol. The summed E-state index contributed by atoms with van der Waals surface area (Å²) in [7, 11) is 0. The molecule has 3 rings (SSSR count). The number of piperidine rings is 1. The number of benzene rings is 1. The number of hydrogen-bond donors (Lipinski definition) is 0. The quantitative estimate of drug-likeness (QED) is 0.831. The van der Waals surface area contributed by atoms with E-state index in [9.17, 15) is 0 Å². The minimum Gasteiger partial charge on any atom is -0.299 e. The predicted octanol–water partition coefficient (Wildman–Crippen LogP) is 3.46. The smallest absolute Gasteiger partial charge is 0.0270 e. The number of likely N-dealkylation sites (tertiary alicyclic amines) is 1. The summed E-state index contributed by atoms with van der Waals surface area (Å²) in [5, 5.41) is 0. The van der Waals surface area contributed by atoms with Gasteiger partial charge in [0.05, 0.1) is 0 Å². The van der Waals surface area contributed by atoms with Crippen molar-refractivity contribution < 1.29 is 0 Å². The summed E-state index contributed by atoms with van der Waals surface area (Å²) >= 11 is 0. The third-order valence-electron chi connectivity index (χ3n) is 4.01. The minimum absolute atomic E-state index is 0.718. The first-order chi connectivity index (χ1) is 9.42. The summed E-state index contributed by atoms with van der Waals surface area (Å²) in [6.07, 6.45) is 6.34. The van der Waals surface area contributed by atoms with Crippen molar-refractivity contribution in [3.8, 4) is 0 Å². The highest BCUT2D eigenvalue weighted by atomic mass is 15.1. The van der Waals surface area contributed by atoms with Crippen LogP contribution in [0.25, 0.3) is 0 Å². The molecular formula is C17H20N2. The molecule has 19 heavy (non-hydrogen) atoms. The summed E-state index contributed by atoms with van der Waals surface area (Å²) in [6, 6.07) is 15.1. The number of pyridine rings is 1. The Balaban J connectivity index is 1.55. The lowest BCUT2D eigenvalue weighted by Gasteiger charge is -2.32. The fraction of sp³-hybridized carbons (Fsp3) is 0.353. The molecule has 1 aliphatic heterocycles. The Labute approximate surface area is 115 Å². The Bertz CT molecular complexity index is 487. The van der Waals surface area contributed by atoms with Crippen LogP contribution in [0.2, 0.25) is 0 Å². The largest absolute Gasteiger partial charge is 0.299 e. The van der Waals surface area contributed by atoms with Gasteiger partial charge in [0.25, 0.3) is 0 Å². The van der Waals surface area contributed by atoms with Gasteiger partial charge in [0.15, 0.2) is 0 Å². The molecule has 0 aliphatic carbocycles. The number of hydrogen-bond acceptors (Lipinski definition) is 2. The van der Waals surface area contributed by atoms with Crippen LogP contribution < -0.4 is 0 Å². The third kappa shape index (κ3) is 3.21. The van der Waals surface area contributed by atoms with Crippen LogP contribution in [0, 0.1) is 0 Å². The summed E-state index contributed by atoms with van der Waals surface area (Å²) in [6.45, 7) is 3.48. The van der Waals surface area contributed by atoms with E-state index in [1.165, 1.54) is 37.1 Å². The molecule has 98 valence electrons. The van der Waals surface area contributed by atoms with Crippen LogP contribution >= 0.6 is 0 Å². The van der Waals surface area contributed by atoms with E-state index in [2.05, 4.69) is 52.3 Å². The summed E-state index contributed by atoms with van der Waals surface area (Å²) in [5.74, 6) is 0.718. The maximum atomic E-state index is 4.10. The van der Waals surface area contributed by atoms with E-state index in [1.54, 1.807) is 0 Å². The molecule has 1 aromatic heterocycles. The fourth-order valence-electron chi connectivity index (χ4n) is 2.90. The van der Waals surface area contributed by atoms with Gasteiger partial charge in [0.1, 0.15) is 0 Å². The molecule has 2 heterocycles. The number of aromatic nitrogens is 1. The second-order valence-electron chi connectivity index (χ2n) is 5.32. The van der Waals surface area contributed by atoms with Gasteiger partial charge in [0, 0.05) is 18.9 Å². The van der Waals surface area contributed by atoms with Gasteiger partial charge in [-0.05, 0) is 55.1 Å². The van der Waals surface area contributed by atoms with Crippen LogP contribution in [0.3, 0.4) is 0 Å². The van der Waals surface area contributed by atoms with Gasteiger partial charge in [-0.25, -0.2) is 0 Å². The van der Waals surface area contributed by atoms with Crippen molar-refractivity contribution in [1.29, 1.82) is 0 Å². The van der Waals surface area contributed by atoms with Gasteiger partial charge in [-0.3, -0.25) is 9.88 Å². The lowest BCUT2D eigenvalue weighted by molar-refractivity contribution is 0.204. The van der Waals surface area contributed by atoms with Crippen LogP contribution in [-0.4, -0.2) is 23.0 Å². The SMILES string of the molecule is c1ccc(CN2CCC(c3ccncc3)CC2)cc1. The Morgan fingerprint density at radius 3 is 2.32 bits per heavy atom. The van der Waals surface area contributed by atoms with Crippen molar-refractivity contribution in [2.75, 3.05) is 13.1 Å². The monoisotopic (exact) mass is 252 g/mol. The second-order valence-corrected chi connectivity index (χ2v) is 5.32. The van der Waals surface area contributed by atoms with Crippen molar-refractivity contribution in [3.63, 3.8) is 0 Å². The molecule has 2 nitrogen and oxygen atoms in total. The number of nitrogens with zero attached hydrogens (tertiary/aromatic N) is 2. The van der Waals surface area contributed by atoms with E-state index < -0.39 is 0 Å². The molecule has 1 fully saturated rings. The Morgan fingerprint density at radius 1 is 0.947 bits per heavy atom. The summed E-state index contributed by atoms with van der Waals surface area (Å²) < 4.78 is 0. The van der Waals surface area contributed by atoms with Gasteiger partial charge in [-0.2, -0.15) is 0 Å². The first kappa shape index (κ1) is 12.4. The molecule has 1 aromatic carbocycles. The van der Waals surface area contributed by atoms with Crippen LogP contribution in [0.5, 0.6) is 0 Å². The van der Waals surface area contributed by atoms with Gasteiger partial charge >= 0.3 is 0 Å². The lowest BCUT2D eigenvalue weighted by Crippen LogP contribution is -2.32. The van der Waals surface area contributed by atoms with Crippen molar-refractivity contribution in [1.82, 2.24) is 9.88 Å². The standard InChI is InChI=1S/C17H20N2/c1-2-4-15(5-3-1)14-19-12-8-17(9-13-19)16-6-10-18-11-7-16/h1-7,10-11,17H,8-9,12-14H2. The molecule has 0 N–H and O–H groups in total. The highest BCUT2D eigenvalue weighted by Crippen LogP contribution is 2.28. The molecule has 0 unspecified atom stereocenters. The van der Waals surface area contributed by atoms with E-state index in [0.717, 1.165) is 12.5 Å². The zero-order valence-electron chi connectivity index (χ0n) is 11.2. The molecule has 0 amide bonds. The van der Waals surface area contributed by atoms with E-state index >= 15 is 0 Å². The topological polar surface area (TPSA) is 16.1 Å². The van der Waals surface area contributed by atoms with Crippen molar-refractivity contribution >= 4 is 0 Å². The molecule has 1 saturated heterocycles. The molecule has 0 bridgehead atoms. The van der Waals surface area contributed by atoms with Crippen LogP contribution in [-0.2, 0) is 6.54 Å². The normalized spacial score (nSPS) is 17.5. The number of rotatable bonds is 3. The zero-order chi connectivity index (χ0) is 12.9. The Morgan fingerprint density at radius 2 is 1.63 bits per heavy atom. The first-order valence-electron chi connectivity index (χ1n) is 7.08. The fourth-order valence-corrected chi connectivity index (χ4v) is 2.90. The van der Waals surface area contributed by atoms with Crippen LogP contribution in [0.15, 0.2) is 54.9 Å². The van der Waals surface area contributed by atoms with Gasteiger partial charge in [-0.15, -0.1) is 0 Å². The molecule has 0 atom stereocenters. The summed E-state index contributed by atoms with van der Waals surface area (Å²) in [4.78, 5) is 6.66. The first-order valence-corrected chi connectivity index (χ1v) is 7.08. The van der Waals surface area contributed by atoms with E-state index in [4.69, 9.17) is 0 Å². The molecule has 2 aromatic rings. The highest BCUT2D eigenvalue weighted by molar-refractivity contribution is 5.17. The van der Waals surface area contributed by atoms with Gasteiger partial charge in [0.2, 0.25) is 0 Å². The highest BCUT2D eigenvalue weighted by Gasteiger charge is 2.20. The molecule has 0 saturated carbocycles. The molecule has 1 aliphatic rings. The van der Waals surface area contributed by atoms with Gasteiger partial charge < -0.3 is 0 Å². The van der Waals surface area contributed by atoms with E-state index in [-0.39, 0.29) is 0 Å². The lowest BCUT2D eigenvalue weighted by atomic mass is 9.90. The maximum absolute atomic E-state index is 4.10. The average Bonchev–Trinajstić information content (AvgIpc) is 2.50. The van der Waals surface area contributed by atoms with E-state index in [1.807, 2.05) is 12.4 Å². The summed E-state index contributed by atoms with van der Waals surface area (Å²) in [5.41, 5.74) is 2.87. The van der Waals surface area contributed by atoms with Crippen LogP contribution in [0.1, 0.15) is 29.9 Å². The maximum Gasteiger partial charge on any atom is 0.0270 e. The third-order valence-corrected chi connectivity index (χ3v) is 4.01. The Kier molecular flexibility index (Phi) is 3.89. The molecule has 2 heteroatoms. The Hall–Kier alpha value is -1.67. The molecule has 0 radical (unpaired) electrons.